The number of aromatic nitrogens is 2. The number of nitrogens with two attached hydrogens (primary N) is 1. The van der Waals surface area contributed by atoms with Crippen molar-refractivity contribution in [3.05, 3.63) is 47.8 Å². The molecule has 0 aliphatic carbocycles. The molecule has 6 nitrogen and oxygen atoms in total. The quantitative estimate of drug-likeness (QED) is 0.821. The van der Waals surface area contributed by atoms with Crippen LogP contribution in [0.15, 0.2) is 36.7 Å². The maximum Gasteiger partial charge on any atom is 0.262 e. The molecule has 0 aliphatic rings. The monoisotopic (exact) mass is 282 g/mol. The molecule has 0 aromatic carbocycles. The van der Waals surface area contributed by atoms with E-state index in [2.05, 4.69) is 27.1 Å². The van der Waals surface area contributed by atoms with Crippen molar-refractivity contribution in [3.63, 3.8) is 0 Å². The first-order chi connectivity index (χ1) is 10.2. The lowest BCUT2D eigenvalue weighted by atomic mass is 10.2. The summed E-state index contributed by atoms with van der Waals surface area (Å²) in [6.45, 7) is 0.275. The van der Waals surface area contributed by atoms with Crippen LogP contribution in [0.3, 0.4) is 0 Å². The van der Waals surface area contributed by atoms with E-state index in [4.69, 9.17) is 10.5 Å². The molecule has 0 bridgehead atoms. The number of anilines is 1. The second-order valence-electron chi connectivity index (χ2n) is 3.95. The second-order valence-corrected chi connectivity index (χ2v) is 3.95. The minimum Gasteiger partial charge on any atom is -0.480 e. The summed E-state index contributed by atoms with van der Waals surface area (Å²) in [5.74, 6) is 5.92. The van der Waals surface area contributed by atoms with Gasteiger partial charge in [-0.3, -0.25) is 4.79 Å². The lowest BCUT2D eigenvalue weighted by Crippen LogP contribution is -2.14. The topological polar surface area (TPSA) is 90.1 Å². The number of methoxy groups -OCH3 is 1. The van der Waals surface area contributed by atoms with E-state index in [1.54, 1.807) is 36.7 Å². The van der Waals surface area contributed by atoms with E-state index in [9.17, 15) is 4.79 Å². The van der Waals surface area contributed by atoms with Gasteiger partial charge in [-0.15, -0.1) is 0 Å². The highest BCUT2D eigenvalue weighted by Gasteiger charge is 2.13. The summed E-state index contributed by atoms with van der Waals surface area (Å²) in [4.78, 5) is 20.2. The molecule has 3 N–H and O–H groups in total. The lowest BCUT2D eigenvalue weighted by molar-refractivity contribution is 0.102. The summed E-state index contributed by atoms with van der Waals surface area (Å²) >= 11 is 0. The van der Waals surface area contributed by atoms with E-state index >= 15 is 0 Å². The number of hydrogen-bond donors (Lipinski definition) is 2. The number of carbonyl (C=O) groups excluding carboxylic acids is 1. The predicted molar refractivity (Wildman–Crippen MR) is 78.9 cm³/mol. The smallest absolute Gasteiger partial charge is 0.262 e. The Morgan fingerprint density at radius 3 is 3.00 bits per heavy atom. The Balaban J connectivity index is 2.20. The van der Waals surface area contributed by atoms with E-state index in [0.29, 0.717) is 11.4 Å². The van der Waals surface area contributed by atoms with Crippen LogP contribution in [0, 0.1) is 11.8 Å². The Bertz CT molecular complexity index is 704. The number of carbonyl (C=O) groups is 1. The summed E-state index contributed by atoms with van der Waals surface area (Å²) < 4.78 is 5.05. The van der Waals surface area contributed by atoms with Gasteiger partial charge in [-0.05, 0) is 24.3 Å². The maximum atomic E-state index is 12.2. The molecule has 2 aromatic rings. The van der Waals surface area contributed by atoms with Gasteiger partial charge in [-0.2, -0.15) is 0 Å². The standard InChI is InChI=1S/C15H14N4O2/c1-21-15-12(5-3-8-18-15)14(20)19-13-10-11(4-2-7-16)6-9-17-13/h3,5-6,8-10H,7,16H2,1H3,(H,17,19,20). The molecule has 0 saturated carbocycles. The number of rotatable bonds is 3. The van der Waals surface area contributed by atoms with E-state index < -0.39 is 0 Å². The Morgan fingerprint density at radius 1 is 1.38 bits per heavy atom. The van der Waals surface area contributed by atoms with Gasteiger partial charge in [0, 0.05) is 18.0 Å². The predicted octanol–water partition coefficient (Wildman–Crippen LogP) is 1.05. The summed E-state index contributed by atoms with van der Waals surface area (Å²) in [6.07, 6.45) is 3.12. The van der Waals surface area contributed by atoms with Gasteiger partial charge in [0.05, 0.1) is 13.7 Å². The van der Waals surface area contributed by atoms with Crippen molar-refractivity contribution in [2.45, 2.75) is 0 Å². The van der Waals surface area contributed by atoms with Gasteiger partial charge >= 0.3 is 0 Å². The van der Waals surface area contributed by atoms with Crippen molar-refractivity contribution in [3.8, 4) is 17.7 Å². The zero-order valence-electron chi connectivity index (χ0n) is 11.5. The zero-order valence-corrected chi connectivity index (χ0v) is 11.5. The van der Waals surface area contributed by atoms with E-state index in [1.807, 2.05) is 0 Å². The fourth-order valence-corrected chi connectivity index (χ4v) is 1.64. The van der Waals surface area contributed by atoms with Crippen LogP contribution in [0.25, 0.3) is 0 Å². The number of amides is 1. The van der Waals surface area contributed by atoms with Gasteiger partial charge in [0.1, 0.15) is 11.4 Å². The lowest BCUT2D eigenvalue weighted by Gasteiger charge is -2.07. The van der Waals surface area contributed by atoms with Crippen LogP contribution in [-0.2, 0) is 0 Å². The van der Waals surface area contributed by atoms with Gasteiger partial charge in [0.25, 0.3) is 5.91 Å². The van der Waals surface area contributed by atoms with Crippen LogP contribution < -0.4 is 15.8 Å². The van der Waals surface area contributed by atoms with Crippen LogP contribution >= 0.6 is 0 Å². The largest absolute Gasteiger partial charge is 0.480 e. The molecule has 0 atom stereocenters. The van der Waals surface area contributed by atoms with Crippen molar-refractivity contribution in [1.82, 2.24) is 9.97 Å². The fraction of sp³-hybridized carbons (Fsp3) is 0.133. The normalized spacial score (nSPS) is 9.43. The molecule has 0 radical (unpaired) electrons. The highest BCUT2D eigenvalue weighted by molar-refractivity contribution is 6.05. The van der Waals surface area contributed by atoms with Crippen LogP contribution in [0.2, 0.25) is 0 Å². The fourth-order valence-electron chi connectivity index (χ4n) is 1.64. The van der Waals surface area contributed by atoms with Crippen LogP contribution in [-0.4, -0.2) is 29.5 Å². The first kappa shape index (κ1) is 14.5. The average Bonchev–Trinajstić information content (AvgIpc) is 2.53. The third-order valence-electron chi connectivity index (χ3n) is 2.55. The zero-order chi connectivity index (χ0) is 15.1. The highest BCUT2D eigenvalue weighted by atomic mass is 16.5. The number of nitrogens with zero attached hydrogens (tertiary/aromatic N) is 2. The van der Waals surface area contributed by atoms with Crippen molar-refractivity contribution in [2.24, 2.45) is 5.73 Å². The summed E-state index contributed by atoms with van der Waals surface area (Å²) in [6, 6.07) is 6.69. The van der Waals surface area contributed by atoms with Crippen LogP contribution in [0.4, 0.5) is 5.82 Å². The number of pyridine rings is 2. The van der Waals surface area contributed by atoms with Crippen molar-refractivity contribution < 1.29 is 9.53 Å². The minimum atomic E-state index is -0.351. The van der Waals surface area contributed by atoms with E-state index in [0.717, 1.165) is 5.56 Å². The van der Waals surface area contributed by atoms with Gasteiger partial charge in [-0.1, -0.05) is 11.8 Å². The Labute approximate surface area is 122 Å². The maximum absolute atomic E-state index is 12.2. The number of nitrogens with one attached hydrogen (secondary N) is 1. The summed E-state index contributed by atoms with van der Waals surface area (Å²) in [7, 11) is 1.46. The number of ether oxygens (including phenoxy) is 1. The van der Waals surface area contributed by atoms with E-state index in [1.165, 1.54) is 7.11 Å². The molecule has 2 rings (SSSR count). The summed E-state index contributed by atoms with van der Waals surface area (Å²) in [5.41, 5.74) is 6.38. The number of hydrogen-bond acceptors (Lipinski definition) is 5. The molecule has 6 heteroatoms. The average molecular weight is 282 g/mol. The highest BCUT2D eigenvalue weighted by Crippen LogP contribution is 2.15. The van der Waals surface area contributed by atoms with Crippen molar-refractivity contribution in [2.75, 3.05) is 19.0 Å². The van der Waals surface area contributed by atoms with Gasteiger partial charge in [0.15, 0.2) is 0 Å². The summed E-state index contributed by atoms with van der Waals surface area (Å²) in [5, 5.41) is 2.68. The third-order valence-corrected chi connectivity index (χ3v) is 2.55. The van der Waals surface area contributed by atoms with Gasteiger partial charge in [-0.25, -0.2) is 9.97 Å². The minimum absolute atomic E-state index is 0.258. The molecule has 2 heterocycles. The van der Waals surface area contributed by atoms with Gasteiger partial charge in [0.2, 0.25) is 5.88 Å². The molecular weight excluding hydrogens is 268 g/mol. The second kappa shape index (κ2) is 7.03. The third kappa shape index (κ3) is 3.78. The molecule has 1 amide bonds. The molecule has 106 valence electrons. The molecule has 0 saturated heterocycles. The molecule has 21 heavy (non-hydrogen) atoms. The van der Waals surface area contributed by atoms with Crippen molar-refractivity contribution >= 4 is 11.7 Å². The van der Waals surface area contributed by atoms with Crippen molar-refractivity contribution in [1.29, 1.82) is 0 Å². The molecule has 0 fully saturated rings. The van der Waals surface area contributed by atoms with Crippen LogP contribution in [0.1, 0.15) is 15.9 Å². The molecule has 0 unspecified atom stereocenters. The molecule has 2 aromatic heterocycles. The Hall–Kier alpha value is -2.91. The first-order valence-electron chi connectivity index (χ1n) is 6.20. The first-order valence-corrected chi connectivity index (χ1v) is 6.20. The van der Waals surface area contributed by atoms with Gasteiger partial charge < -0.3 is 15.8 Å². The molecular formula is C15H14N4O2. The SMILES string of the molecule is COc1ncccc1C(=O)Nc1cc(C#CCN)ccn1. The molecule has 0 aliphatic heterocycles. The Kier molecular flexibility index (Phi) is 4.85. The van der Waals surface area contributed by atoms with E-state index in [-0.39, 0.29) is 18.3 Å². The van der Waals surface area contributed by atoms with Crippen LogP contribution in [0.5, 0.6) is 5.88 Å². The molecule has 0 spiro atoms. The Morgan fingerprint density at radius 2 is 2.24 bits per heavy atom.